The fourth-order valence-corrected chi connectivity index (χ4v) is 1.75. The molecule has 0 saturated heterocycles. The Bertz CT molecular complexity index is 483. The van der Waals surface area contributed by atoms with Gasteiger partial charge in [-0.25, -0.2) is 4.79 Å². The minimum Gasteiger partial charge on any atom is -0.475 e. The van der Waals surface area contributed by atoms with Crippen LogP contribution in [0.4, 0.5) is 13.2 Å². The molecule has 1 saturated carbocycles. The van der Waals surface area contributed by atoms with Crippen molar-refractivity contribution in [2.45, 2.75) is 25.3 Å². The number of halogens is 3. The van der Waals surface area contributed by atoms with Crippen LogP contribution in [0.5, 0.6) is 11.5 Å². The summed E-state index contributed by atoms with van der Waals surface area (Å²) in [5.74, 6) is -1.24. The number of hydrogen-bond acceptors (Lipinski definition) is 4. The van der Waals surface area contributed by atoms with Crippen molar-refractivity contribution in [3.05, 3.63) is 24.3 Å². The summed E-state index contributed by atoms with van der Waals surface area (Å²) in [6.45, 7) is 0. The molecule has 0 bridgehead atoms. The topological polar surface area (TPSA) is 44.8 Å². The molecule has 0 amide bonds. The van der Waals surface area contributed by atoms with E-state index in [9.17, 15) is 18.0 Å². The maximum atomic E-state index is 12.3. The Kier molecular flexibility index (Phi) is 4.06. The summed E-state index contributed by atoms with van der Waals surface area (Å²) >= 11 is 0. The van der Waals surface area contributed by atoms with Gasteiger partial charge >= 0.3 is 12.3 Å². The highest BCUT2D eigenvalue weighted by atomic mass is 19.4. The summed E-state index contributed by atoms with van der Waals surface area (Å²) in [6, 6.07) is 5.33. The maximum absolute atomic E-state index is 12.3. The lowest BCUT2D eigenvalue weighted by Gasteiger charge is -2.19. The van der Waals surface area contributed by atoms with Crippen molar-refractivity contribution in [3.8, 4) is 11.5 Å². The SMILES string of the molecule is COC(=O)C(Oc1ccccc1OC(F)(F)F)C1CC1. The van der Waals surface area contributed by atoms with Crippen molar-refractivity contribution in [2.75, 3.05) is 7.11 Å². The largest absolute Gasteiger partial charge is 0.573 e. The van der Waals surface area contributed by atoms with Crippen LogP contribution >= 0.6 is 0 Å². The average molecular weight is 290 g/mol. The van der Waals surface area contributed by atoms with E-state index in [1.807, 2.05) is 0 Å². The molecule has 1 fully saturated rings. The number of alkyl halides is 3. The Labute approximate surface area is 113 Å². The van der Waals surface area contributed by atoms with Crippen molar-refractivity contribution in [2.24, 2.45) is 5.92 Å². The minimum atomic E-state index is -4.82. The molecule has 0 spiro atoms. The zero-order valence-corrected chi connectivity index (χ0v) is 10.6. The molecule has 1 aromatic rings. The van der Waals surface area contributed by atoms with Gasteiger partial charge in [0.1, 0.15) is 0 Å². The molecule has 1 aromatic carbocycles. The van der Waals surface area contributed by atoms with Crippen LogP contribution in [0.25, 0.3) is 0 Å². The van der Waals surface area contributed by atoms with Gasteiger partial charge in [0.25, 0.3) is 0 Å². The number of carbonyl (C=O) groups excluding carboxylic acids is 1. The summed E-state index contributed by atoms with van der Waals surface area (Å²) in [6.07, 6.45) is -4.16. The van der Waals surface area contributed by atoms with Gasteiger partial charge in [0.05, 0.1) is 7.11 Å². The average Bonchev–Trinajstić information content (AvgIpc) is 3.19. The van der Waals surface area contributed by atoms with Crippen LogP contribution in [0.15, 0.2) is 24.3 Å². The highest BCUT2D eigenvalue weighted by molar-refractivity contribution is 5.76. The lowest BCUT2D eigenvalue weighted by atomic mass is 10.2. The molecule has 20 heavy (non-hydrogen) atoms. The molecular weight excluding hydrogens is 277 g/mol. The first-order valence-electron chi connectivity index (χ1n) is 6.00. The lowest BCUT2D eigenvalue weighted by molar-refractivity contribution is -0.275. The number of ether oxygens (including phenoxy) is 3. The van der Waals surface area contributed by atoms with Crippen molar-refractivity contribution in [1.82, 2.24) is 0 Å². The van der Waals surface area contributed by atoms with Crippen LogP contribution in [0.3, 0.4) is 0 Å². The van der Waals surface area contributed by atoms with Crippen LogP contribution in [0.1, 0.15) is 12.8 Å². The van der Waals surface area contributed by atoms with Gasteiger partial charge in [-0.05, 0) is 25.0 Å². The summed E-state index contributed by atoms with van der Waals surface area (Å²) in [5, 5.41) is 0. The zero-order valence-electron chi connectivity index (χ0n) is 10.6. The van der Waals surface area contributed by atoms with E-state index in [1.54, 1.807) is 0 Å². The first kappa shape index (κ1) is 14.5. The Balaban J connectivity index is 2.17. The van der Waals surface area contributed by atoms with Gasteiger partial charge in [0.2, 0.25) is 0 Å². The van der Waals surface area contributed by atoms with Crippen LogP contribution < -0.4 is 9.47 Å². The second-order valence-corrected chi connectivity index (χ2v) is 4.39. The van der Waals surface area contributed by atoms with Gasteiger partial charge in [0, 0.05) is 5.92 Å². The Morgan fingerprint density at radius 1 is 1.25 bits per heavy atom. The van der Waals surface area contributed by atoms with Crippen molar-refractivity contribution >= 4 is 5.97 Å². The first-order chi connectivity index (χ1) is 9.40. The Morgan fingerprint density at radius 2 is 1.85 bits per heavy atom. The normalized spacial score (nSPS) is 16.4. The molecule has 0 aliphatic heterocycles. The summed E-state index contributed by atoms with van der Waals surface area (Å²) in [7, 11) is 1.21. The van der Waals surface area contributed by atoms with E-state index >= 15 is 0 Å². The van der Waals surface area contributed by atoms with Crippen molar-refractivity contribution in [1.29, 1.82) is 0 Å². The zero-order chi connectivity index (χ0) is 14.8. The number of methoxy groups -OCH3 is 1. The first-order valence-corrected chi connectivity index (χ1v) is 6.00. The molecule has 0 radical (unpaired) electrons. The molecule has 1 unspecified atom stereocenters. The number of rotatable bonds is 5. The number of hydrogen-bond donors (Lipinski definition) is 0. The maximum Gasteiger partial charge on any atom is 0.573 e. The predicted octanol–water partition coefficient (Wildman–Crippen LogP) is 2.92. The number of para-hydroxylation sites is 2. The molecule has 0 heterocycles. The Hall–Kier alpha value is -1.92. The van der Waals surface area contributed by atoms with E-state index in [4.69, 9.17) is 4.74 Å². The predicted molar refractivity (Wildman–Crippen MR) is 62.3 cm³/mol. The molecule has 110 valence electrons. The smallest absolute Gasteiger partial charge is 0.475 e. The van der Waals surface area contributed by atoms with Crippen molar-refractivity contribution < 1.29 is 32.2 Å². The number of benzene rings is 1. The van der Waals surface area contributed by atoms with E-state index in [0.29, 0.717) is 0 Å². The summed E-state index contributed by atoms with van der Waals surface area (Å²) < 4.78 is 50.7. The third-order valence-corrected chi connectivity index (χ3v) is 2.81. The van der Waals surface area contributed by atoms with E-state index in [2.05, 4.69) is 9.47 Å². The molecule has 0 aromatic heterocycles. The van der Waals surface area contributed by atoms with Gasteiger partial charge in [-0.2, -0.15) is 0 Å². The third kappa shape index (κ3) is 3.79. The van der Waals surface area contributed by atoms with Gasteiger partial charge in [-0.3, -0.25) is 0 Å². The van der Waals surface area contributed by atoms with Crippen LogP contribution in [0, 0.1) is 5.92 Å². The molecule has 1 aliphatic rings. The van der Waals surface area contributed by atoms with Crippen LogP contribution in [0.2, 0.25) is 0 Å². The van der Waals surface area contributed by atoms with Crippen LogP contribution in [-0.2, 0) is 9.53 Å². The van der Waals surface area contributed by atoms with E-state index in [1.165, 1.54) is 25.3 Å². The van der Waals surface area contributed by atoms with E-state index in [-0.39, 0.29) is 11.7 Å². The van der Waals surface area contributed by atoms with Crippen LogP contribution in [-0.4, -0.2) is 25.5 Å². The van der Waals surface area contributed by atoms with Crippen molar-refractivity contribution in [3.63, 3.8) is 0 Å². The Morgan fingerprint density at radius 3 is 2.35 bits per heavy atom. The molecule has 2 rings (SSSR count). The van der Waals surface area contributed by atoms with Gasteiger partial charge < -0.3 is 14.2 Å². The van der Waals surface area contributed by atoms with E-state index in [0.717, 1.165) is 18.9 Å². The van der Waals surface area contributed by atoms with E-state index < -0.39 is 24.2 Å². The standard InChI is InChI=1S/C13H13F3O4/c1-18-12(17)11(8-6-7-8)19-9-4-2-3-5-10(9)20-13(14,15)16/h2-5,8,11H,6-7H2,1H3. The highest BCUT2D eigenvalue weighted by Crippen LogP contribution is 2.38. The third-order valence-electron chi connectivity index (χ3n) is 2.81. The second-order valence-electron chi connectivity index (χ2n) is 4.39. The molecule has 1 aliphatic carbocycles. The monoisotopic (exact) mass is 290 g/mol. The minimum absolute atomic E-state index is 0.0265. The number of esters is 1. The second kappa shape index (κ2) is 5.60. The highest BCUT2D eigenvalue weighted by Gasteiger charge is 2.40. The molecule has 0 N–H and O–H groups in total. The van der Waals surface area contributed by atoms with Gasteiger partial charge in [0.15, 0.2) is 17.6 Å². The fourth-order valence-electron chi connectivity index (χ4n) is 1.75. The molecule has 4 nitrogen and oxygen atoms in total. The van der Waals surface area contributed by atoms with Gasteiger partial charge in [-0.15, -0.1) is 13.2 Å². The molecule has 7 heteroatoms. The molecule has 1 atom stereocenters. The fraction of sp³-hybridized carbons (Fsp3) is 0.462. The summed E-state index contributed by atoms with van der Waals surface area (Å²) in [5.41, 5.74) is 0. The number of carbonyl (C=O) groups is 1. The molecular formula is C13H13F3O4. The van der Waals surface area contributed by atoms with Gasteiger partial charge in [-0.1, -0.05) is 12.1 Å². The summed E-state index contributed by atoms with van der Waals surface area (Å²) in [4.78, 5) is 11.6. The quantitative estimate of drug-likeness (QED) is 0.782. The lowest BCUT2D eigenvalue weighted by Crippen LogP contribution is -2.31.